The summed E-state index contributed by atoms with van der Waals surface area (Å²) < 4.78 is 5.15. The van der Waals surface area contributed by atoms with E-state index in [1.165, 1.54) is 0 Å². The number of ether oxygens (including phenoxy) is 1. The first-order valence-electron chi connectivity index (χ1n) is 8.05. The summed E-state index contributed by atoms with van der Waals surface area (Å²) in [5.74, 6) is -0.0634. The van der Waals surface area contributed by atoms with E-state index in [2.05, 4.69) is 24.1 Å². The van der Waals surface area contributed by atoms with Crippen LogP contribution in [0.4, 0.5) is 0 Å². The number of rotatable bonds is 10. The molecule has 1 rings (SSSR count). The van der Waals surface area contributed by atoms with Gasteiger partial charge in [0.05, 0.1) is 18.6 Å². The van der Waals surface area contributed by atoms with Crippen LogP contribution in [0.5, 0.6) is 0 Å². The number of hydrogen-bond donors (Lipinski definition) is 2. The second kappa shape index (κ2) is 10.6. The van der Waals surface area contributed by atoms with Gasteiger partial charge < -0.3 is 15.8 Å². The fourth-order valence-electron chi connectivity index (χ4n) is 2.60. The number of nitrogens with two attached hydrogens (primary N) is 1. The lowest BCUT2D eigenvalue weighted by Gasteiger charge is -2.31. The highest BCUT2D eigenvalue weighted by molar-refractivity contribution is 6.31. The van der Waals surface area contributed by atoms with Gasteiger partial charge in [0.2, 0.25) is 5.91 Å². The van der Waals surface area contributed by atoms with Crippen molar-refractivity contribution in [3.63, 3.8) is 0 Å². The third kappa shape index (κ3) is 6.11. The average molecular weight is 342 g/mol. The summed E-state index contributed by atoms with van der Waals surface area (Å²) in [5, 5.41) is 3.70. The Morgan fingerprint density at radius 3 is 2.52 bits per heavy atom. The highest BCUT2D eigenvalue weighted by Gasteiger charge is 2.21. The second-order valence-electron chi connectivity index (χ2n) is 5.36. The number of carbonyl (C=O) groups excluding carboxylic acids is 1. The number of carbonyl (C=O) groups is 1. The van der Waals surface area contributed by atoms with Crippen molar-refractivity contribution >= 4 is 17.5 Å². The van der Waals surface area contributed by atoms with Gasteiger partial charge in [-0.15, -0.1) is 0 Å². The third-order valence-electron chi connectivity index (χ3n) is 4.02. The first kappa shape index (κ1) is 19.9. The largest absolute Gasteiger partial charge is 0.380 e. The normalized spacial score (nSPS) is 13.8. The van der Waals surface area contributed by atoms with E-state index < -0.39 is 0 Å². The van der Waals surface area contributed by atoms with Crippen molar-refractivity contribution in [2.45, 2.75) is 32.4 Å². The van der Waals surface area contributed by atoms with Gasteiger partial charge >= 0.3 is 0 Å². The quantitative estimate of drug-likeness (QED) is 0.684. The first-order chi connectivity index (χ1) is 11.1. The molecule has 130 valence electrons. The zero-order chi connectivity index (χ0) is 17.2. The average Bonchev–Trinajstić information content (AvgIpc) is 2.57. The third-order valence-corrected chi connectivity index (χ3v) is 4.36. The lowest BCUT2D eigenvalue weighted by molar-refractivity contribution is -0.123. The van der Waals surface area contributed by atoms with E-state index in [1.54, 1.807) is 7.11 Å². The Kier molecular flexibility index (Phi) is 9.17. The molecule has 0 saturated heterocycles. The fraction of sp³-hybridized carbons (Fsp3) is 0.588. The van der Waals surface area contributed by atoms with Crippen molar-refractivity contribution in [1.29, 1.82) is 0 Å². The topological polar surface area (TPSA) is 67.6 Å². The molecule has 0 radical (unpaired) electrons. The minimum atomic E-state index is -0.248. The molecular weight excluding hydrogens is 314 g/mol. The molecule has 0 aromatic heterocycles. The zero-order valence-electron chi connectivity index (χ0n) is 14.2. The molecule has 0 bridgehead atoms. The lowest BCUT2D eigenvalue weighted by Crippen LogP contribution is -2.39. The molecule has 0 heterocycles. The first-order valence-corrected chi connectivity index (χ1v) is 8.43. The number of hydrogen-bond acceptors (Lipinski definition) is 4. The summed E-state index contributed by atoms with van der Waals surface area (Å²) in [5.41, 5.74) is 6.59. The Morgan fingerprint density at radius 1 is 1.35 bits per heavy atom. The smallest absolute Gasteiger partial charge is 0.222 e. The van der Waals surface area contributed by atoms with Crippen LogP contribution in [0.2, 0.25) is 5.02 Å². The van der Waals surface area contributed by atoms with Crippen molar-refractivity contribution in [3.8, 4) is 0 Å². The standard InChI is InChI=1S/C17H28ClN3O2/c1-4-21(5-2)16(14-8-6-7-9-15(14)18)12-20-17(22)10-13(11-19)23-3/h6-9,13,16H,4-5,10-12,19H2,1-3H3,(H,20,22). The highest BCUT2D eigenvalue weighted by atomic mass is 35.5. The van der Waals surface area contributed by atoms with Crippen molar-refractivity contribution in [2.24, 2.45) is 5.73 Å². The van der Waals surface area contributed by atoms with Gasteiger partial charge in [-0.25, -0.2) is 0 Å². The molecular formula is C17H28ClN3O2. The molecule has 0 saturated carbocycles. The molecule has 5 nitrogen and oxygen atoms in total. The van der Waals surface area contributed by atoms with Gasteiger partial charge in [0.1, 0.15) is 0 Å². The lowest BCUT2D eigenvalue weighted by atomic mass is 10.0. The minimum Gasteiger partial charge on any atom is -0.380 e. The number of methoxy groups -OCH3 is 1. The van der Waals surface area contributed by atoms with E-state index in [9.17, 15) is 4.79 Å². The Balaban J connectivity index is 2.79. The van der Waals surface area contributed by atoms with Crippen molar-refractivity contribution in [1.82, 2.24) is 10.2 Å². The van der Waals surface area contributed by atoms with E-state index >= 15 is 0 Å². The molecule has 1 aromatic rings. The molecule has 3 N–H and O–H groups in total. The van der Waals surface area contributed by atoms with E-state index in [0.717, 1.165) is 23.7 Å². The maximum atomic E-state index is 12.1. The summed E-state index contributed by atoms with van der Waals surface area (Å²) in [6, 6.07) is 7.81. The summed E-state index contributed by atoms with van der Waals surface area (Å²) in [7, 11) is 1.56. The number of nitrogens with zero attached hydrogens (tertiary/aromatic N) is 1. The molecule has 0 aliphatic heterocycles. The molecule has 0 aliphatic carbocycles. The predicted molar refractivity (Wildman–Crippen MR) is 94.6 cm³/mol. The van der Waals surface area contributed by atoms with E-state index in [0.29, 0.717) is 13.1 Å². The number of amides is 1. The minimum absolute atomic E-state index is 0.0431. The van der Waals surface area contributed by atoms with Gasteiger partial charge in [-0.1, -0.05) is 43.6 Å². The monoisotopic (exact) mass is 341 g/mol. The Labute approximate surface area is 144 Å². The summed E-state index contributed by atoms with van der Waals surface area (Å²) in [4.78, 5) is 14.4. The van der Waals surface area contributed by atoms with E-state index in [4.69, 9.17) is 22.1 Å². The fourth-order valence-corrected chi connectivity index (χ4v) is 2.86. The molecule has 0 spiro atoms. The molecule has 0 aliphatic rings. The second-order valence-corrected chi connectivity index (χ2v) is 5.77. The maximum Gasteiger partial charge on any atom is 0.222 e. The van der Waals surface area contributed by atoms with Gasteiger partial charge in [0.25, 0.3) is 0 Å². The van der Waals surface area contributed by atoms with Gasteiger partial charge in [0, 0.05) is 25.2 Å². The van der Waals surface area contributed by atoms with Crippen LogP contribution in [-0.4, -0.2) is 50.2 Å². The van der Waals surface area contributed by atoms with E-state index in [1.807, 2.05) is 24.3 Å². The number of benzene rings is 1. The van der Waals surface area contributed by atoms with Crippen LogP contribution in [-0.2, 0) is 9.53 Å². The molecule has 6 heteroatoms. The SMILES string of the molecule is CCN(CC)C(CNC(=O)CC(CN)OC)c1ccccc1Cl. The van der Waals surface area contributed by atoms with Crippen molar-refractivity contribution in [2.75, 3.05) is 33.3 Å². The Bertz CT molecular complexity index is 477. The van der Waals surface area contributed by atoms with Crippen LogP contribution in [0.1, 0.15) is 31.9 Å². The summed E-state index contributed by atoms with van der Waals surface area (Å²) >= 11 is 6.35. The van der Waals surface area contributed by atoms with Gasteiger partial charge in [-0.2, -0.15) is 0 Å². The van der Waals surface area contributed by atoms with Crippen molar-refractivity contribution < 1.29 is 9.53 Å². The predicted octanol–water partition coefficient (Wildman–Crippen LogP) is 2.20. The molecule has 0 fully saturated rings. The van der Waals surface area contributed by atoms with Crippen LogP contribution in [0.3, 0.4) is 0 Å². The van der Waals surface area contributed by atoms with Gasteiger partial charge in [-0.3, -0.25) is 9.69 Å². The Morgan fingerprint density at radius 2 is 2.00 bits per heavy atom. The van der Waals surface area contributed by atoms with Crippen LogP contribution in [0.15, 0.2) is 24.3 Å². The zero-order valence-corrected chi connectivity index (χ0v) is 15.0. The van der Waals surface area contributed by atoms with Crippen LogP contribution >= 0.6 is 11.6 Å². The number of halogens is 1. The highest BCUT2D eigenvalue weighted by Crippen LogP contribution is 2.26. The summed E-state index contributed by atoms with van der Waals surface area (Å²) in [6.45, 7) is 6.80. The molecule has 2 unspecified atom stereocenters. The molecule has 1 aromatic carbocycles. The number of nitrogens with one attached hydrogen (secondary N) is 1. The van der Waals surface area contributed by atoms with Gasteiger partial charge in [0.15, 0.2) is 0 Å². The van der Waals surface area contributed by atoms with Gasteiger partial charge in [-0.05, 0) is 24.7 Å². The molecule has 1 amide bonds. The Hall–Kier alpha value is -1.14. The van der Waals surface area contributed by atoms with E-state index in [-0.39, 0.29) is 24.5 Å². The van der Waals surface area contributed by atoms with Crippen LogP contribution in [0, 0.1) is 0 Å². The van der Waals surface area contributed by atoms with Crippen LogP contribution < -0.4 is 11.1 Å². The summed E-state index contributed by atoms with van der Waals surface area (Å²) in [6.07, 6.45) is 0.0164. The maximum absolute atomic E-state index is 12.1. The van der Waals surface area contributed by atoms with Crippen molar-refractivity contribution in [3.05, 3.63) is 34.9 Å². The molecule has 23 heavy (non-hydrogen) atoms. The van der Waals surface area contributed by atoms with Crippen LogP contribution in [0.25, 0.3) is 0 Å². The molecule has 2 atom stereocenters. The number of likely N-dealkylation sites (N-methyl/N-ethyl adjacent to an activating group) is 1.